The van der Waals surface area contributed by atoms with Crippen LogP contribution < -0.4 is 5.32 Å². The Labute approximate surface area is 155 Å². The molecule has 0 aromatic carbocycles. The summed E-state index contributed by atoms with van der Waals surface area (Å²) in [4.78, 5) is 32.1. The second-order valence-electron chi connectivity index (χ2n) is 5.84. The number of aliphatic hydroxyl groups excluding tert-OH is 1. The average molecular weight is 397 g/mol. The molecule has 10 heteroatoms. The van der Waals surface area contributed by atoms with Crippen molar-refractivity contribution in [3.05, 3.63) is 0 Å². The zero-order valence-electron chi connectivity index (χ0n) is 15.6. The summed E-state index contributed by atoms with van der Waals surface area (Å²) in [6, 6.07) is 0. The van der Waals surface area contributed by atoms with Crippen LogP contribution in [0.15, 0.2) is 0 Å². The molecule has 0 saturated carbocycles. The SMILES string of the molecule is CCCCCCC(=O)NCCOP(=O)(O)OCC(O)COC(=O)CCC. The number of ether oxygens (including phenoxy) is 1. The van der Waals surface area contributed by atoms with E-state index in [0.717, 1.165) is 25.7 Å². The molecule has 154 valence electrons. The molecule has 26 heavy (non-hydrogen) atoms. The van der Waals surface area contributed by atoms with Crippen molar-refractivity contribution in [2.75, 3.05) is 26.4 Å². The van der Waals surface area contributed by atoms with Crippen molar-refractivity contribution < 1.29 is 37.9 Å². The maximum Gasteiger partial charge on any atom is 0.472 e. The third-order valence-corrected chi connectivity index (χ3v) is 4.24. The van der Waals surface area contributed by atoms with Crippen molar-refractivity contribution in [2.24, 2.45) is 0 Å². The number of phosphoric acid groups is 1. The van der Waals surface area contributed by atoms with Crippen LogP contribution in [0.1, 0.15) is 58.8 Å². The van der Waals surface area contributed by atoms with Crippen molar-refractivity contribution in [3.63, 3.8) is 0 Å². The Kier molecular flexibility index (Phi) is 14.5. The minimum atomic E-state index is -4.35. The predicted molar refractivity (Wildman–Crippen MR) is 95.4 cm³/mol. The van der Waals surface area contributed by atoms with E-state index >= 15 is 0 Å². The highest BCUT2D eigenvalue weighted by atomic mass is 31.2. The molecule has 1 amide bonds. The Morgan fingerprint density at radius 3 is 2.42 bits per heavy atom. The van der Waals surface area contributed by atoms with E-state index in [1.54, 1.807) is 0 Å². The van der Waals surface area contributed by atoms with Crippen molar-refractivity contribution >= 4 is 19.7 Å². The Bertz CT molecular complexity index is 446. The highest BCUT2D eigenvalue weighted by Crippen LogP contribution is 2.42. The Hall–Kier alpha value is -0.990. The topological polar surface area (TPSA) is 131 Å². The third-order valence-electron chi connectivity index (χ3n) is 3.26. The second kappa shape index (κ2) is 15.1. The molecule has 0 radical (unpaired) electrons. The van der Waals surface area contributed by atoms with Gasteiger partial charge in [0.15, 0.2) is 0 Å². The first-order valence-electron chi connectivity index (χ1n) is 9.03. The maximum absolute atomic E-state index is 11.6. The number of esters is 1. The largest absolute Gasteiger partial charge is 0.472 e. The summed E-state index contributed by atoms with van der Waals surface area (Å²) in [7, 11) is -4.35. The second-order valence-corrected chi connectivity index (χ2v) is 7.30. The van der Waals surface area contributed by atoms with Gasteiger partial charge < -0.3 is 20.1 Å². The molecule has 0 heterocycles. The van der Waals surface area contributed by atoms with Crippen LogP contribution in [0.4, 0.5) is 0 Å². The van der Waals surface area contributed by atoms with Gasteiger partial charge in [0.1, 0.15) is 12.7 Å². The summed E-state index contributed by atoms with van der Waals surface area (Å²) < 4.78 is 25.7. The number of phosphoric ester groups is 1. The van der Waals surface area contributed by atoms with Crippen LogP contribution in [-0.2, 0) is 27.9 Å². The van der Waals surface area contributed by atoms with Gasteiger partial charge in [-0.3, -0.25) is 18.6 Å². The highest BCUT2D eigenvalue weighted by molar-refractivity contribution is 7.47. The summed E-state index contributed by atoms with van der Waals surface area (Å²) in [5.41, 5.74) is 0. The van der Waals surface area contributed by atoms with Crippen LogP contribution in [-0.4, -0.2) is 54.3 Å². The van der Waals surface area contributed by atoms with Gasteiger partial charge in [-0.25, -0.2) is 4.57 Å². The van der Waals surface area contributed by atoms with Crippen molar-refractivity contribution in [2.45, 2.75) is 64.9 Å². The molecule has 0 aromatic heterocycles. The molecule has 0 bridgehead atoms. The quantitative estimate of drug-likeness (QED) is 0.204. The number of hydrogen-bond acceptors (Lipinski definition) is 7. The van der Waals surface area contributed by atoms with Gasteiger partial charge in [-0.05, 0) is 12.8 Å². The van der Waals surface area contributed by atoms with Gasteiger partial charge in [0.2, 0.25) is 5.91 Å². The molecule has 9 nitrogen and oxygen atoms in total. The average Bonchev–Trinajstić information content (AvgIpc) is 2.59. The van der Waals surface area contributed by atoms with Gasteiger partial charge in [-0.15, -0.1) is 0 Å². The number of amides is 1. The van der Waals surface area contributed by atoms with Gasteiger partial charge in [-0.2, -0.15) is 0 Å². The number of nitrogens with one attached hydrogen (secondary N) is 1. The molecule has 0 aliphatic carbocycles. The monoisotopic (exact) mass is 397 g/mol. The maximum atomic E-state index is 11.6. The van der Waals surface area contributed by atoms with Crippen molar-refractivity contribution in [1.29, 1.82) is 0 Å². The molecule has 0 rings (SSSR count). The molecule has 0 saturated heterocycles. The first kappa shape index (κ1) is 25.0. The van der Waals surface area contributed by atoms with E-state index in [1.165, 1.54) is 0 Å². The minimum Gasteiger partial charge on any atom is -0.463 e. The molecule has 0 spiro atoms. The van der Waals surface area contributed by atoms with E-state index in [9.17, 15) is 24.2 Å². The first-order chi connectivity index (χ1) is 12.3. The first-order valence-corrected chi connectivity index (χ1v) is 10.5. The fourth-order valence-corrected chi connectivity index (χ4v) is 2.64. The summed E-state index contributed by atoms with van der Waals surface area (Å²) in [5.74, 6) is -0.594. The third kappa shape index (κ3) is 15.3. The number of hydrogen-bond donors (Lipinski definition) is 3. The van der Waals surface area contributed by atoms with Gasteiger partial charge in [0, 0.05) is 19.4 Å². The fraction of sp³-hybridized carbons (Fsp3) is 0.875. The van der Waals surface area contributed by atoms with Gasteiger partial charge in [0.05, 0.1) is 13.2 Å². The van der Waals surface area contributed by atoms with E-state index in [1.807, 2.05) is 6.92 Å². The molecular weight excluding hydrogens is 365 g/mol. The Morgan fingerprint density at radius 1 is 1.04 bits per heavy atom. The lowest BCUT2D eigenvalue weighted by atomic mass is 10.1. The van der Waals surface area contributed by atoms with Crippen LogP contribution in [0.2, 0.25) is 0 Å². The number of aliphatic hydroxyl groups is 1. The lowest BCUT2D eigenvalue weighted by Crippen LogP contribution is -2.27. The zero-order valence-corrected chi connectivity index (χ0v) is 16.5. The molecule has 0 fully saturated rings. The van der Waals surface area contributed by atoms with Crippen LogP contribution in [0.3, 0.4) is 0 Å². The molecule has 2 atom stereocenters. The zero-order chi connectivity index (χ0) is 19.8. The molecule has 0 aliphatic rings. The van der Waals surface area contributed by atoms with E-state index in [-0.39, 0.29) is 32.1 Å². The highest BCUT2D eigenvalue weighted by Gasteiger charge is 2.23. The summed E-state index contributed by atoms with van der Waals surface area (Å²) in [5, 5.41) is 12.1. The minimum absolute atomic E-state index is 0.0811. The van der Waals surface area contributed by atoms with E-state index in [4.69, 9.17) is 9.26 Å². The number of carbonyl (C=O) groups excluding carboxylic acids is 2. The van der Waals surface area contributed by atoms with Crippen LogP contribution in [0.5, 0.6) is 0 Å². The number of rotatable bonds is 16. The standard InChI is InChI=1S/C16H32NO8P/c1-3-5-6-7-9-15(19)17-10-11-24-26(21,22)25-13-14(18)12-23-16(20)8-4-2/h14,18H,3-13H2,1-2H3,(H,17,19)(H,21,22). The van der Waals surface area contributed by atoms with E-state index < -0.39 is 26.5 Å². The predicted octanol–water partition coefficient (Wildman–Crippen LogP) is 1.91. The summed E-state index contributed by atoms with van der Waals surface area (Å²) >= 11 is 0. The van der Waals surface area contributed by atoms with Gasteiger partial charge in [-0.1, -0.05) is 33.1 Å². The lowest BCUT2D eigenvalue weighted by molar-refractivity contribution is -0.147. The lowest BCUT2D eigenvalue weighted by Gasteiger charge is -2.15. The van der Waals surface area contributed by atoms with E-state index in [0.29, 0.717) is 12.8 Å². The van der Waals surface area contributed by atoms with Crippen molar-refractivity contribution in [3.8, 4) is 0 Å². The number of carbonyl (C=O) groups is 2. The normalized spacial score (nSPS) is 14.5. The molecule has 3 N–H and O–H groups in total. The van der Waals surface area contributed by atoms with E-state index in [2.05, 4.69) is 16.8 Å². The molecular formula is C16H32NO8P. The van der Waals surface area contributed by atoms with Gasteiger partial charge >= 0.3 is 13.8 Å². The Balaban J connectivity index is 3.79. The molecule has 0 aliphatic heterocycles. The summed E-state index contributed by atoms with van der Waals surface area (Å²) in [6.45, 7) is 2.94. The fourth-order valence-electron chi connectivity index (χ4n) is 1.88. The van der Waals surface area contributed by atoms with Gasteiger partial charge in [0.25, 0.3) is 0 Å². The smallest absolute Gasteiger partial charge is 0.463 e. The van der Waals surface area contributed by atoms with Crippen LogP contribution in [0.25, 0.3) is 0 Å². The summed E-state index contributed by atoms with van der Waals surface area (Å²) in [6.07, 6.45) is 4.03. The van der Waals surface area contributed by atoms with Crippen LogP contribution >= 0.6 is 7.82 Å². The van der Waals surface area contributed by atoms with Crippen molar-refractivity contribution in [1.82, 2.24) is 5.32 Å². The molecule has 2 unspecified atom stereocenters. The molecule has 0 aromatic rings. The Morgan fingerprint density at radius 2 is 1.77 bits per heavy atom. The van der Waals surface area contributed by atoms with Crippen LogP contribution in [0, 0.1) is 0 Å². The number of unbranched alkanes of at least 4 members (excludes halogenated alkanes) is 3.